The second-order valence-electron chi connectivity index (χ2n) is 5.37. The zero-order valence-electron chi connectivity index (χ0n) is 11.4. The molecule has 1 heterocycles. The van der Waals surface area contributed by atoms with E-state index in [0.29, 0.717) is 11.6 Å². The first-order valence-corrected chi connectivity index (χ1v) is 7.00. The van der Waals surface area contributed by atoms with E-state index in [1.807, 2.05) is 6.92 Å². The number of carbonyl (C=O) groups is 1. The van der Waals surface area contributed by atoms with Gasteiger partial charge in [-0.3, -0.25) is 9.48 Å². The molecule has 0 aliphatic heterocycles. The lowest BCUT2D eigenvalue weighted by Crippen LogP contribution is -2.32. The lowest BCUT2D eigenvalue weighted by atomic mass is 9.83. The lowest BCUT2D eigenvalue weighted by Gasteiger charge is -2.26. The number of rotatable bonds is 4. The van der Waals surface area contributed by atoms with Crippen LogP contribution in [0.3, 0.4) is 0 Å². The predicted molar refractivity (Wildman–Crippen MR) is 71.4 cm³/mol. The van der Waals surface area contributed by atoms with E-state index >= 15 is 0 Å². The molecule has 0 atom stereocenters. The van der Waals surface area contributed by atoms with Crippen molar-refractivity contribution in [1.29, 1.82) is 0 Å². The molecule has 1 amide bonds. The van der Waals surface area contributed by atoms with Crippen molar-refractivity contribution in [2.45, 2.75) is 46.1 Å². The van der Waals surface area contributed by atoms with Gasteiger partial charge in [0.1, 0.15) is 5.69 Å². The SMILES string of the molecule is CCn1nccc1C(=O)NC[C@H]1CC[C@H](C)CC1. The number of aryl methyl sites for hydroxylation is 1. The third-order valence-corrected chi connectivity index (χ3v) is 3.94. The summed E-state index contributed by atoms with van der Waals surface area (Å²) in [6.45, 7) is 5.85. The van der Waals surface area contributed by atoms with Gasteiger partial charge in [-0.05, 0) is 37.7 Å². The number of hydrogen-bond acceptors (Lipinski definition) is 2. The van der Waals surface area contributed by atoms with E-state index in [9.17, 15) is 4.79 Å². The van der Waals surface area contributed by atoms with Crippen molar-refractivity contribution in [3.8, 4) is 0 Å². The molecular weight excluding hydrogens is 226 g/mol. The van der Waals surface area contributed by atoms with Gasteiger partial charge in [0.2, 0.25) is 0 Å². The van der Waals surface area contributed by atoms with Crippen LogP contribution in [0.15, 0.2) is 12.3 Å². The molecule has 0 spiro atoms. The average Bonchev–Trinajstić information content (AvgIpc) is 2.86. The van der Waals surface area contributed by atoms with Gasteiger partial charge in [0.15, 0.2) is 0 Å². The number of carbonyl (C=O) groups excluding carboxylic acids is 1. The number of nitrogens with zero attached hydrogens (tertiary/aromatic N) is 2. The van der Waals surface area contributed by atoms with Gasteiger partial charge in [-0.25, -0.2) is 0 Å². The number of nitrogens with one attached hydrogen (secondary N) is 1. The van der Waals surface area contributed by atoms with Crippen LogP contribution >= 0.6 is 0 Å². The summed E-state index contributed by atoms with van der Waals surface area (Å²) in [5, 5.41) is 7.16. The van der Waals surface area contributed by atoms with Crippen molar-refractivity contribution in [2.75, 3.05) is 6.54 Å². The summed E-state index contributed by atoms with van der Waals surface area (Å²) in [5.74, 6) is 1.52. The van der Waals surface area contributed by atoms with Crippen LogP contribution in [0, 0.1) is 11.8 Å². The van der Waals surface area contributed by atoms with Crippen molar-refractivity contribution in [1.82, 2.24) is 15.1 Å². The minimum absolute atomic E-state index is 0.00738. The second kappa shape index (κ2) is 6.03. The molecule has 1 saturated carbocycles. The van der Waals surface area contributed by atoms with Crippen molar-refractivity contribution in [3.63, 3.8) is 0 Å². The van der Waals surface area contributed by atoms with Crippen molar-refractivity contribution < 1.29 is 4.79 Å². The fourth-order valence-electron chi connectivity index (χ4n) is 2.64. The second-order valence-corrected chi connectivity index (χ2v) is 5.37. The van der Waals surface area contributed by atoms with E-state index in [4.69, 9.17) is 0 Å². The Balaban J connectivity index is 1.81. The summed E-state index contributed by atoms with van der Waals surface area (Å²) in [6, 6.07) is 1.78. The molecule has 18 heavy (non-hydrogen) atoms. The summed E-state index contributed by atoms with van der Waals surface area (Å²) in [6.07, 6.45) is 6.77. The Morgan fingerprint density at radius 1 is 1.44 bits per heavy atom. The van der Waals surface area contributed by atoms with Crippen LogP contribution in [0.25, 0.3) is 0 Å². The molecule has 0 bridgehead atoms. The smallest absolute Gasteiger partial charge is 0.269 e. The Labute approximate surface area is 109 Å². The predicted octanol–water partition coefficient (Wildman–Crippen LogP) is 2.46. The topological polar surface area (TPSA) is 46.9 Å². The van der Waals surface area contributed by atoms with E-state index in [-0.39, 0.29) is 5.91 Å². The highest BCUT2D eigenvalue weighted by molar-refractivity contribution is 5.92. The molecule has 0 saturated heterocycles. The zero-order chi connectivity index (χ0) is 13.0. The number of amides is 1. The van der Waals surface area contributed by atoms with E-state index < -0.39 is 0 Å². The number of hydrogen-bond donors (Lipinski definition) is 1. The minimum atomic E-state index is 0.00738. The third kappa shape index (κ3) is 3.12. The summed E-state index contributed by atoms with van der Waals surface area (Å²) < 4.78 is 1.73. The van der Waals surface area contributed by atoms with Crippen molar-refractivity contribution in [3.05, 3.63) is 18.0 Å². The first-order chi connectivity index (χ1) is 8.70. The first kappa shape index (κ1) is 13.1. The van der Waals surface area contributed by atoms with Gasteiger partial charge < -0.3 is 5.32 Å². The molecule has 1 fully saturated rings. The Kier molecular flexibility index (Phi) is 4.39. The molecule has 0 radical (unpaired) electrons. The molecule has 0 aromatic carbocycles. The number of aromatic nitrogens is 2. The quantitative estimate of drug-likeness (QED) is 0.891. The molecule has 1 aromatic rings. The fraction of sp³-hybridized carbons (Fsp3) is 0.714. The van der Waals surface area contributed by atoms with Gasteiger partial charge >= 0.3 is 0 Å². The van der Waals surface area contributed by atoms with E-state index in [1.54, 1.807) is 16.9 Å². The molecular formula is C14H23N3O. The largest absolute Gasteiger partial charge is 0.350 e. The first-order valence-electron chi connectivity index (χ1n) is 7.00. The van der Waals surface area contributed by atoms with Crippen LogP contribution < -0.4 is 5.32 Å². The molecule has 1 aliphatic carbocycles. The molecule has 4 heteroatoms. The summed E-state index contributed by atoms with van der Waals surface area (Å²) in [7, 11) is 0. The Hall–Kier alpha value is -1.32. The third-order valence-electron chi connectivity index (χ3n) is 3.94. The molecule has 0 unspecified atom stereocenters. The summed E-state index contributed by atoms with van der Waals surface area (Å²) in [4.78, 5) is 12.0. The van der Waals surface area contributed by atoms with Gasteiger partial charge in [-0.1, -0.05) is 19.8 Å². The Morgan fingerprint density at radius 2 is 2.17 bits per heavy atom. The fourth-order valence-corrected chi connectivity index (χ4v) is 2.64. The van der Waals surface area contributed by atoms with E-state index in [0.717, 1.165) is 19.0 Å². The van der Waals surface area contributed by atoms with Gasteiger partial charge in [-0.2, -0.15) is 5.10 Å². The van der Waals surface area contributed by atoms with Crippen molar-refractivity contribution in [2.24, 2.45) is 11.8 Å². The van der Waals surface area contributed by atoms with Crippen LogP contribution in [0.1, 0.15) is 50.0 Å². The Morgan fingerprint density at radius 3 is 2.83 bits per heavy atom. The summed E-state index contributed by atoms with van der Waals surface area (Å²) >= 11 is 0. The normalized spacial score (nSPS) is 23.9. The molecule has 1 aromatic heterocycles. The maximum atomic E-state index is 12.0. The highest BCUT2D eigenvalue weighted by atomic mass is 16.2. The van der Waals surface area contributed by atoms with Gasteiger partial charge in [0, 0.05) is 19.3 Å². The maximum Gasteiger partial charge on any atom is 0.269 e. The zero-order valence-corrected chi connectivity index (χ0v) is 11.4. The van der Waals surface area contributed by atoms with Crippen LogP contribution in [-0.4, -0.2) is 22.2 Å². The van der Waals surface area contributed by atoms with E-state index in [2.05, 4.69) is 17.3 Å². The van der Waals surface area contributed by atoms with Crippen LogP contribution in [0.5, 0.6) is 0 Å². The maximum absolute atomic E-state index is 12.0. The standard InChI is InChI=1S/C14H23N3O/c1-3-17-13(8-9-16-17)14(18)15-10-12-6-4-11(2)5-7-12/h8-9,11-12H,3-7,10H2,1-2H3,(H,15,18)/t11-,12-. The monoisotopic (exact) mass is 249 g/mol. The highest BCUT2D eigenvalue weighted by Gasteiger charge is 2.19. The summed E-state index contributed by atoms with van der Waals surface area (Å²) in [5.41, 5.74) is 0.668. The van der Waals surface area contributed by atoms with E-state index in [1.165, 1.54) is 25.7 Å². The molecule has 2 rings (SSSR count). The van der Waals surface area contributed by atoms with Gasteiger partial charge in [0.05, 0.1) is 0 Å². The molecule has 4 nitrogen and oxygen atoms in total. The van der Waals surface area contributed by atoms with Crippen LogP contribution in [0.4, 0.5) is 0 Å². The molecule has 1 aliphatic rings. The average molecular weight is 249 g/mol. The van der Waals surface area contributed by atoms with Crippen LogP contribution in [0.2, 0.25) is 0 Å². The Bertz CT molecular complexity index is 391. The highest BCUT2D eigenvalue weighted by Crippen LogP contribution is 2.27. The van der Waals surface area contributed by atoms with Crippen molar-refractivity contribution >= 4 is 5.91 Å². The molecule has 100 valence electrons. The minimum Gasteiger partial charge on any atom is -0.350 e. The van der Waals surface area contributed by atoms with Gasteiger partial charge in [-0.15, -0.1) is 0 Å². The lowest BCUT2D eigenvalue weighted by molar-refractivity contribution is 0.0931. The molecule has 1 N–H and O–H groups in total. The van der Waals surface area contributed by atoms with Crippen LogP contribution in [-0.2, 0) is 6.54 Å². The van der Waals surface area contributed by atoms with Gasteiger partial charge in [0.25, 0.3) is 5.91 Å².